The summed E-state index contributed by atoms with van der Waals surface area (Å²) in [5, 5.41) is 4.68. The minimum Gasteiger partial charge on any atom is -0.298 e. The lowest BCUT2D eigenvalue weighted by Gasteiger charge is -2.16. The average molecular weight is 310 g/mol. The van der Waals surface area contributed by atoms with Crippen LogP contribution in [0.25, 0.3) is 16.6 Å². The lowest BCUT2D eigenvalue weighted by atomic mass is 9.94. The molecule has 3 aromatic rings. The van der Waals surface area contributed by atoms with E-state index in [0.29, 0.717) is 5.56 Å². The second-order valence-electron chi connectivity index (χ2n) is 6.18. The molecule has 3 rings (SSSR count). The van der Waals surface area contributed by atoms with Crippen LogP contribution >= 0.6 is 0 Å². The lowest BCUT2D eigenvalue weighted by molar-refractivity contribution is 0.112. The Morgan fingerprint density at radius 2 is 1.83 bits per heavy atom. The number of aromatic nitrogens is 2. The SMILES string of the molecule is Cc1cc(C)n2nc(C(C)C)c(C=O)c(-c3ccc(F)cc3)c12. The quantitative estimate of drug-likeness (QED) is 0.658. The fourth-order valence-electron chi connectivity index (χ4n) is 3.09. The first-order valence-corrected chi connectivity index (χ1v) is 7.68. The summed E-state index contributed by atoms with van der Waals surface area (Å²) >= 11 is 0. The Morgan fingerprint density at radius 3 is 2.39 bits per heavy atom. The van der Waals surface area contributed by atoms with E-state index in [-0.39, 0.29) is 11.7 Å². The molecule has 0 saturated heterocycles. The van der Waals surface area contributed by atoms with Gasteiger partial charge >= 0.3 is 0 Å². The first-order valence-electron chi connectivity index (χ1n) is 7.68. The predicted octanol–water partition coefficient (Wildman–Crippen LogP) is 4.69. The van der Waals surface area contributed by atoms with E-state index >= 15 is 0 Å². The zero-order valence-electron chi connectivity index (χ0n) is 13.7. The van der Waals surface area contributed by atoms with Gasteiger partial charge in [0, 0.05) is 16.8 Å². The zero-order valence-corrected chi connectivity index (χ0v) is 13.7. The van der Waals surface area contributed by atoms with Crippen LogP contribution in [0.5, 0.6) is 0 Å². The lowest BCUT2D eigenvalue weighted by Crippen LogP contribution is -2.09. The third kappa shape index (κ3) is 2.44. The topological polar surface area (TPSA) is 34.4 Å². The Bertz CT molecular complexity index is 892. The molecule has 118 valence electrons. The smallest absolute Gasteiger partial charge is 0.152 e. The molecule has 1 aromatic carbocycles. The Hall–Kier alpha value is -2.49. The Balaban J connectivity index is 2.50. The number of halogens is 1. The van der Waals surface area contributed by atoms with Crippen LogP contribution in [0, 0.1) is 19.7 Å². The summed E-state index contributed by atoms with van der Waals surface area (Å²) < 4.78 is 15.2. The van der Waals surface area contributed by atoms with Crippen molar-refractivity contribution in [2.75, 3.05) is 0 Å². The van der Waals surface area contributed by atoms with Crippen molar-refractivity contribution >= 4 is 11.8 Å². The van der Waals surface area contributed by atoms with Crippen molar-refractivity contribution in [1.82, 2.24) is 9.61 Å². The summed E-state index contributed by atoms with van der Waals surface area (Å²) in [5.74, 6) is -0.181. The molecular formula is C19H19FN2O. The van der Waals surface area contributed by atoms with Gasteiger partial charge in [-0.15, -0.1) is 0 Å². The molecular weight excluding hydrogens is 291 g/mol. The molecule has 0 radical (unpaired) electrons. The molecule has 0 spiro atoms. The van der Waals surface area contributed by atoms with Gasteiger partial charge in [-0.05, 0) is 49.1 Å². The highest BCUT2D eigenvalue weighted by molar-refractivity contribution is 5.97. The summed E-state index contributed by atoms with van der Waals surface area (Å²) in [6.07, 6.45) is 0.864. The highest BCUT2D eigenvalue weighted by Gasteiger charge is 2.21. The van der Waals surface area contributed by atoms with Crippen molar-refractivity contribution in [1.29, 1.82) is 0 Å². The molecule has 2 heterocycles. The van der Waals surface area contributed by atoms with Crippen molar-refractivity contribution in [2.24, 2.45) is 0 Å². The van der Waals surface area contributed by atoms with Gasteiger partial charge in [-0.1, -0.05) is 26.0 Å². The van der Waals surface area contributed by atoms with Crippen molar-refractivity contribution < 1.29 is 9.18 Å². The monoisotopic (exact) mass is 310 g/mol. The zero-order chi connectivity index (χ0) is 16.7. The van der Waals surface area contributed by atoms with Crippen LogP contribution in [0.4, 0.5) is 4.39 Å². The van der Waals surface area contributed by atoms with E-state index in [1.54, 1.807) is 12.1 Å². The van der Waals surface area contributed by atoms with E-state index in [4.69, 9.17) is 0 Å². The number of nitrogens with zero attached hydrogens (tertiary/aromatic N) is 2. The highest BCUT2D eigenvalue weighted by atomic mass is 19.1. The van der Waals surface area contributed by atoms with Crippen molar-refractivity contribution in [3.8, 4) is 11.1 Å². The van der Waals surface area contributed by atoms with E-state index < -0.39 is 0 Å². The van der Waals surface area contributed by atoms with Crippen LogP contribution < -0.4 is 0 Å². The van der Waals surface area contributed by atoms with Gasteiger partial charge < -0.3 is 0 Å². The summed E-state index contributed by atoms with van der Waals surface area (Å²) in [7, 11) is 0. The Morgan fingerprint density at radius 1 is 1.17 bits per heavy atom. The molecule has 2 aromatic heterocycles. The number of aryl methyl sites for hydroxylation is 2. The van der Waals surface area contributed by atoms with Crippen LogP contribution in [0.2, 0.25) is 0 Å². The first-order chi connectivity index (χ1) is 10.9. The number of hydrogen-bond donors (Lipinski definition) is 0. The maximum atomic E-state index is 13.3. The van der Waals surface area contributed by atoms with Gasteiger partial charge in [0.25, 0.3) is 0 Å². The van der Waals surface area contributed by atoms with Crippen LogP contribution in [0.1, 0.15) is 47.1 Å². The van der Waals surface area contributed by atoms with Gasteiger partial charge in [0.15, 0.2) is 6.29 Å². The van der Waals surface area contributed by atoms with Gasteiger partial charge in [0.1, 0.15) is 5.82 Å². The molecule has 0 aliphatic rings. The van der Waals surface area contributed by atoms with Gasteiger partial charge in [-0.2, -0.15) is 5.10 Å². The highest BCUT2D eigenvalue weighted by Crippen LogP contribution is 2.34. The summed E-state index contributed by atoms with van der Waals surface area (Å²) in [6.45, 7) is 8.02. The first kappa shape index (κ1) is 15.4. The molecule has 23 heavy (non-hydrogen) atoms. The molecule has 0 N–H and O–H groups in total. The van der Waals surface area contributed by atoms with Gasteiger partial charge in [0.05, 0.1) is 11.2 Å². The molecule has 0 bridgehead atoms. The minimum atomic E-state index is -0.293. The van der Waals surface area contributed by atoms with E-state index in [2.05, 4.69) is 5.10 Å². The Labute approximate surface area is 134 Å². The third-order valence-corrected chi connectivity index (χ3v) is 4.13. The van der Waals surface area contributed by atoms with Crippen LogP contribution in [-0.2, 0) is 0 Å². The molecule has 0 atom stereocenters. The second kappa shape index (κ2) is 5.61. The summed E-state index contributed by atoms with van der Waals surface area (Å²) in [5.41, 5.74) is 5.95. The van der Waals surface area contributed by atoms with Crippen LogP contribution in [0.3, 0.4) is 0 Å². The molecule has 4 heteroatoms. The van der Waals surface area contributed by atoms with E-state index in [1.807, 2.05) is 38.3 Å². The molecule has 3 nitrogen and oxygen atoms in total. The summed E-state index contributed by atoms with van der Waals surface area (Å²) in [6, 6.07) is 8.31. The fraction of sp³-hybridized carbons (Fsp3) is 0.263. The van der Waals surface area contributed by atoms with Gasteiger partial charge in [-0.25, -0.2) is 8.91 Å². The molecule has 0 amide bonds. The predicted molar refractivity (Wildman–Crippen MR) is 89.5 cm³/mol. The number of carbonyl (C=O) groups excluding carboxylic acids is 1. The normalized spacial score (nSPS) is 11.4. The molecule has 0 saturated carbocycles. The van der Waals surface area contributed by atoms with E-state index in [1.165, 1.54) is 12.1 Å². The molecule has 0 aliphatic carbocycles. The number of hydrogen-bond acceptors (Lipinski definition) is 2. The van der Waals surface area contributed by atoms with Crippen molar-refractivity contribution in [3.05, 3.63) is 58.7 Å². The summed E-state index contributed by atoms with van der Waals surface area (Å²) in [4.78, 5) is 11.8. The van der Waals surface area contributed by atoms with Crippen molar-refractivity contribution in [2.45, 2.75) is 33.6 Å². The maximum absolute atomic E-state index is 13.3. The Kier molecular flexibility index (Phi) is 3.76. The van der Waals surface area contributed by atoms with Crippen molar-refractivity contribution in [3.63, 3.8) is 0 Å². The van der Waals surface area contributed by atoms with Crippen LogP contribution in [-0.4, -0.2) is 15.9 Å². The number of aldehydes is 1. The maximum Gasteiger partial charge on any atom is 0.152 e. The fourth-order valence-corrected chi connectivity index (χ4v) is 3.09. The average Bonchev–Trinajstić information content (AvgIpc) is 2.80. The van der Waals surface area contributed by atoms with E-state index in [0.717, 1.165) is 39.9 Å². The molecule has 0 unspecified atom stereocenters. The molecule has 0 fully saturated rings. The third-order valence-electron chi connectivity index (χ3n) is 4.13. The standard InChI is InChI=1S/C19H19FN2O/c1-11(2)18-16(10-23)17(14-5-7-15(20)8-6-14)19-12(3)9-13(4)22(19)21-18/h5-11H,1-4H3. The van der Waals surface area contributed by atoms with Gasteiger partial charge in [0.2, 0.25) is 0 Å². The number of fused-ring (bicyclic) bond motifs is 1. The largest absolute Gasteiger partial charge is 0.298 e. The van der Waals surface area contributed by atoms with Crippen LogP contribution in [0.15, 0.2) is 30.3 Å². The molecule has 0 aliphatic heterocycles. The second-order valence-corrected chi connectivity index (χ2v) is 6.18. The minimum absolute atomic E-state index is 0.112. The number of carbonyl (C=O) groups is 1. The number of rotatable bonds is 3. The number of benzene rings is 1. The van der Waals surface area contributed by atoms with E-state index in [9.17, 15) is 9.18 Å². The van der Waals surface area contributed by atoms with Gasteiger partial charge in [-0.3, -0.25) is 4.79 Å².